The molecule has 18 heavy (non-hydrogen) atoms. The van der Waals surface area contributed by atoms with Gasteiger partial charge in [0.25, 0.3) is 0 Å². The lowest BCUT2D eigenvalue weighted by Crippen LogP contribution is -2.28. The van der Waals surface area contributed by atoms with E-state index >= 15 is 0 Å². The monoisotopic (exact) mass is 249 g/mol. The summed E-state index contributed by atoms with van der Waals surface area (Å²) in [6.45, 7) is 6.16. The normalized spacial score (nSPS) is 14.6. The summed E-state index contributed by atoms with van der Waals surface area (Å²) in [6.07, 6.45) is 4.93. The van der Waals surface area contributed by atoms with Crippen LogP contribution in [-0.2, 0) is 0 Å². The maximum Gasteiger partial charge on any atom is 0.223 e. The molecule has 1 fully saturated rings. The minimum Gasteiger partial charge on any atom is -0.370 e. The van der Waals surface area contributed by atoms with E-state index in [1.807, 2.05) is 13.0 Å². The molecule has 1 aromatic heterocycles. The Morgan fingerprint density at radius 1 is 1.39 bits per heavy atom. The highest BCUT2D eigenvalue weighted by atomic mass is 15.3. The van der Waals surface area contributed by atoms with Crippen LogP contribution in [-0.4, -0.2) is 29.1 Å². The lowest BCUT2D eigenvalue weighted by atomic mass is 10.3. The third-order valence-electron chi connectivity index (χ3n) is 3.12. The first kappa shape index (κ1) is 12.9. The molecule has 0 spiro atoms. The van der Waals surface area contributed by atoms with Crippen LogP contribution in [0.15, 0.2) is 6.07 Å². The molecule has 0 unspecified atom stereocenters. The molecule has 2 rings (SSSR count). The van der Waals surface area contributed by atoms with Crippen LogP contribution in [0.5, 0.6) is 0 Å². The van der Waals surface area contributed by atoms with E-state index in [1.54, 1.807) is 0 Å². The second kappa shape index (κ2) is 5.89. The molecule has 0 amide bonds. The third-order valence-corrected chi connectivity index (χ3v) is 3.12. The quantitative estimate of drug-likeness (QED) is 0.776. The first-order valence-electron chi connectivity index (χ1n) is 6.89. The molecule has 5 nitrogen and oxygen atoms in total. The molecule has 1 saturated carbocycles. The molecular weight excluding hydrogens is 226 g/mol. The lowest BCUT2D eigenvalue weighted by molar-refractivity contribution is 0.704. The van der Waals surface area contributed by atoms with E-state index in [9.17, 15) is 0 Å². The fourth-order valence-electron chi connectivity index (χ4n) is 2.07. The van der Waals surface area contributed by atoms with Crippen molar-refractivity contribution < 1.29 is 0 Å². The zero-order valence-corrected chi connectivity index (χ0v) is 11.3. The summed E-state index contributed by atoms with van der Waals surface area (Å²) in [6, 6.07) is 2.66. The molecule has 0 bridgehead atoms. The molecule has 1 heterocycles. The summed E-state index contributed by atoms with van der Waals surface area (Å²) in [5.41, 5.74) is 5.79. The van der Waals surface area contributed by atoms with E-state index < -0.39 is 0 Å². The summed E-state index contributed by atoms with van der Waals surface area (Å²) in [5, 5.41) is 3.20. The molecule has 1 aliphatic rings. The number of aromatic nitrogens is 2. The Bertz CT molecular complexity index is 389. The maximum absolute atomic E-state index is 5.79. The van der Waals surface area contributed by atoms with Gasteiger partial charge in [-0.3, -0.25) is 0 Å². The second-order valence-corrected chi connectivity index (χ2v) is 4.78. The fraction of sp³-hybridized carbons (Fsp3) is 0.692. The number of unbranched alkanes of at least 4 members (excludes halogenated alkanes) is 1. The first-order valence-corrected chi connectivity index (χ1v) is 6.89. The van der Waals surface area contributed by atoms with Gasteiger partial charge < -0.3 is 16.0 Å². The number of nitrogens with two attached hydrogens (primary N) is 1. The molecule has 0 radical (unpaired) electrons. The average molecular weight is 249 g/mol. The van der Waals surface area contributed by atoms with Gasteiger partial charge in [-0.15, -0.1) is 0 Å². The van der Waals surface area contributed by atoms with Crippen LogP contribution in [0.2, 0.25) is 0 Å². The predicted octanol–water partition coefficient (Wildman–Crippen LogP) is 2.26. The van der Waals surface area contributed by atoms with Crippen LogP contribution >= 0.6 is 0 Å². The van der Waals surface area contributed by atoms with Crippen molar-refractivity contribution in [1.82, 2.24) is 9.97 Å². The summed E-state index contributed by atoms with van der Waals surface area (Å²) in [4.78, 5) is 11.0. The van der Waals surface area contributed by atoms with E-state index in [2.05, 4.69) is 27.1 Å². The number of hydrogen-bond acceptors (Lipinski definition) is 5. The van der Waals surface area contributed by atoms with Crippen LogP contribution in [0.25, 0.3) is 0 Å². The molecule has 5 heteroatoms. The zero-order chi connectivity index (χ0) is 13.0. The fourth-order valence-corrected chi connectivity index (χ4v) is 2.07. The molecule has 0 atom stereocenters. The maximum atomic E-state index is 5.79. The Morgan fingerprint density at radius 2 is 2.17 bits per heavy atom. The van der Waals surface area contributed by atoms with Crippen molar-refractivity contribution in [2.24, 2.45) is 0 Å². The van der Waals surface area contributed by atoms with Crippen molar-refractivity contribution >= 4 is 17.6 Å². The standard InChI is InChI=1S/C13H23N5/c1-3-5-8-18(10-6-7-10)12-9-11(15-4-2)16-13(14)17-12/h9-10H,3-8H2,1-2H3,(H3,14,15,16,17). The van der Waals surface area contributed by atoms with Gasteiger partial charge in [0.05, 0.1) is 0 Å². The highest BCUT2D eigenvalue weighted by Crippen LogP contribution is 2.31. The van der Waals surface area contributed by atoms with Gasteiger partial charge in [-0.25, -0.2) is 0 Å². The Hall–Kier alpha value is -1.52. The average Bonchev–Trinajstić information content (AvgIpc) is 3.14. The number of nitrogen functional groups attached to an aromatic ring is 1. The topological polar surface area (TPSA) is 67.1 Å². The van der Waals surface area contributed by atoms with E-state index in [0.29, 0.717) is 12.0 Å². The smallest absolute Gasteiger partial charge is 0.223 e. The van der Waals surface area contributed by atoms with Crippen LogP contribution in [0.1, 0.15) is 39.5 Å². The second-order valence-electron chi connectivity index (χ2n) is 4.78. The number of rotatable bonds is 7. The number of hydrogen-bond donors (Lipinski definition) is 2. The van der Waals surface area contributed by atoms with Crippen molar-refractivity contribution in [3.05, 3.63) is 6.07 Å². The Kier molecular flexibility index (Phi) is 4.23. The van der Waals surface area contributed by atoms with Gasteiger partial charge in [-0.2, -0.15) is 9.97 Å². The van der Waals surface area contributed by atoms with E-state index in [-0.39, 0.29) is 0 Å². The first-order chi connectivity index (χ1) is 8.74. The summed E-state index contributed by atoms with van der Waals surface area (Å²) in [5.74, 6) is 2.14. The molecule has 0 aliphatic heterocycles. The van der Waals surface area contributed by atoms with Crippen molar-refractivity contribution in [1.29, 1.82) is 0 Å². The van der Waals surface area contributed by atoms with Gasteiger partial charge in [0.15, 0.2) is 0 Å². The highest BCUT2D eigenvalue weighted by Gasteiger charge is 2.30. The highest BCUT2D eigenvalue weighted by molar-refractivity contribution is 5.53. The SMILES string of the molecule is CCCCN(c1cc(NCC)nc(N)n1)C1CC1. The van der Waals surface area contributed by atoms with E-state index in [0.717, 1.165) is 24.7 Å². The van der Waals surface area contributed by atoms with Crippen LogP contribution in [0.3, 0.4) is 0 Å². The molecule has 0 saturated heterocycles. The Morgan fingerprint density at radius 3 is 2.78 bits per heavy atom. The third kappa shape index (κ3) is 3.24. The van der Waals surface area contributed by atoms with Gasteiger partial charge in [-0.1, -0.05) is 13.3 Å². The van der Waals surface area contributed by atoms with Gasteiger partial charge in [0.2, 0.25) is 5.95 Å². The predicted molar refractivity (Wildman–Crippen MR) is 75.9 cm³/mol. The Labute approximate surface area is 109 Å². The molecular formula is C13H23N5. The number of nitrogens with one attached hydrogen (secondary N) is 1. The number of nitrogens with zero attached hydrogens (tertiary/aromatic N) is 3. The molecule has 3 N–H and O–H groups in total. The molecule has 1 aliphatic carbocycles. The minimum absolute atomic E-state index is 0.352. The number of anilines is 3. The van der Waals surface area contributed by atoms with Crippen molar-refractivity contribution in [3.63, 3.8) is 0 Å². The van der Waals surface area contributed by atoms with Crippen LogP contribution in [0, 0.1) is 0 Å². The summed E-state index contributed by atoms with van der Waals surface area (Å²) >= 11 is 0. The van der Waals surface area contributed by atoms with Gasteiger partial charge in [0, 0.05) is 25.2 Å². The summed E-state index contributed by atoms with van der Waals surface area (Å²) < 4.78 is 0. The van der Waals surface area contributed by atoms with Crippen LogP contribution < -0.4 is 16.0 Å². The zero-order valence-electron chi connectivity index (χ0n) is 11.3. The minimum atomic E-state index is 0.352. The van der Waals surface area contributed by atoms with Gasteiger partial charge in [0.1, 0.15) is 11.6 Å². The Balaban J connectivity index is 2.17. The van der Waals surface area contributed by atoms with E-state index in [1.165, 1.54) is 25.7 Å². The van der Waals surface area contributed by atoms with Gasteiger partial charge in [-0.05, 0) is 26.2 Å². The van der Waals surface area contributed by atoms with Gasteiger partial charge >= 0.3 is 0 Å². The van der Waals surface area contributed by atoms with Crippen molar-refractivity contribution in [2.45, 2.75) is 45.6 Å². The van der Waals surface area contributed by atoms with Crippen molar-refractivity contribution in [2.75, 3.05) is 29.0 Å². The summed E-state index contributed by atoms with van der Waals surface area (Å²) in [7, 11) is 0. The molecule has 0 aromatic carbocycles. The largest absolute Gasteiger partial charge is 0.370 e. The molecule has 100 valence electrons. The molecule has 1 aromatic rings. The van der Waals surface area contributed by atoms with Crippen LogP contribution in [0.4, 0.5) is 17.6 Å². The lowest BCUT2D eigenvalue weighted by Gasteiger charge is -2.23. The van der Waals surface area contributed by atoms with Crippen molar-refractivity contribution in [3.8, 4) is 0 Å². The van der Waals surface area contributed by atoms with E-state index in [4.69, 9.17) is 5.73 Å².